The lowest BCUT2D eigenvalue weighted by Crippen LogP contribution is -2.63. The lowest BCUT2D eigenvalue weighted by molar-refractivity contribution is -0.292. The van der Waals surface area contributed by atoms with Crippen LogP contribution in [0.2, 0.25) is 0 Å². The number of nitrogens with one attached hydrogen (secondary N) is 1. The topological polar surface area (TPSA) is 148 Å². The van der Waals surface area contributed by atoms with Crippen molar-refractivity contribution in [3.05, 3.63) is 0 Å². The molecule has 0 radical (unpaired) electrons. The molecule has 1 saturated heterocycles. The normalized spacial score (nSPS) is 26.2. The maximum absolute atomic E-state index is 11.7. The Hall–Kier alpha value is -1.82. The van der Waals surface area contributed by atoms with Gasteiger partial charge in [0.25, 0.3) is 3.79 Å². The molecule has 0 aliphatic carbocycles. The van der Waals surface area contributed by atoms with E-state index in [2.05, 4.69) is 0 Å². The first-order chi connectivity index (χ1) is 13.7. The zero-order valence-electron chi connectivity index (χ0n) is 16.3. The Morgan fingerprint density at radius 3 is 1.70 bits per heavy atom. The monoisotopic (exact) mass is 491 g/mol. The number of carbonyl (C=O) groups is 4. The first-order valence-corrected chi connectivity index (χ1v) is 9.48. The van der Waals surface area contributed by atoms with Crippen LogP contribution in [0.25, 0.3) is 0 Å². The van der Waals surface area contributed by atoms with Gasteiger partial charge in [-0.15, -0.1) is 0 Å². The Morgan fingerprint density at radius 1 is 0.800 bits per heavy atom. The molecule has 0 aromatic rings. The summed E-state index contributed by atoms with van der Waals surface area (Å²) in [5.41, 5.74) is 0. The highest BCUT2D eigenvalue weighted by Crippen LogP contribution is 2.33. The highest BCUT2D eigenvalue weighted by atomic mass is 35.6. The fourth-order valence-electron chi connectivity index (χ4n) is 2.47. The van der Waals surface area contributed by atoms with Crippen molar-refractivity contribution in [2.24, 2.45) is 0 Å². The van der Waals surface area contributed by atoms with Crippen molar-refractivity contribution < 1.29 is 47.6 Å². The van der Waals surface area contributed by atoms with Gasteiger partial charge in [-0.2, -0.15) is 0 Å². The van der Waals surface area contributed by atoms with Crippen LogP contribution in [0.15, 0.2) is 0 Å². The molecule has 11 nitrogen and oxygen atoms in total. The van der Waals surface area contributed by atoms with Crippen LogP contribution in [-0.2, 0) is 47.6 Å². The Balaban J connectivity index is 3.37. The van der Waals surface area contributed by atoms with Crippen LogP contribution in [0, 0.1) is 5.41 Å². The molecule has 1 rings (SSSR count). The predicted molar refractivity (Wildman–Crippen MR) is 101 cm³/mol. The summed E-state index contributed by atoms with van der Waals surface area (Å²) in [7, 11) is 0. The fourth-order valence-corrected chi connectivity index (χ4v) is 2.60. The van der Waals surface area contributed by atoms with E-state index in [1.165, 1.54) is 0 Å². The van der Waals surface area contributed by atoms with Gasteiger partial charge in [0.15, 0.2) is 12.2 Å². The second-order valence-corrected chi connectivity index (χ2v) is 8.29. The van der Waals surface area contributed by atoms with E-state index < -0.39 is 70.9 Å². The van der Waals surface area contributed by atoms with Crippen molar-refractivity contribution in [1.29, 1.82) is 5.41 Å². The van der Waals surface area contributed by atoms with Crippen LogP contribution in [0.5, 0.6) is 0 Å². The molecule has 1 unspecified atom stereocenters. The number of alkyl halides is 3. The molecule has 1 aliphatic heterocycles. The van der Waals surface area contributed by atoms with Crippen LogP contribution >= 0.6 is 34.8 Å². The Bertz CT molecular complexity index is 695. The smallest absolute Gasteiger partial charge is 0.303 e. The number of hydrogen-bond acceptors (Lipinski definition) is 11. The molecule has 1 N–H and O–H groups in total. The molecule has 0 aromatic carbocycles. The van der Waals surface area contributed by atoms with Crippen molar-refractivity contribution in [1.82, 2.24) is 0 Å². The third kappa shape index (κ3) is 8.13. The first kappa shape index (κ1) is 26.2. The summed E-state index contributed by atoms with van der Waals surface area (Å²) in [6.45, 7) is 3.86. The fraction of sp³-hybridized carbons (Fsp3) is 0.688. The van der Waals surface area contributed by atoms with Crippen molar-refractivity contribution in [3.63, 3.8) is 0 Å². The second kappa shape index (κ2) is 11.0. The number of ether oxygens (including phenoxy) is 6. The molecule has 0 bridgehead atoms. The average Bonchev–Trinajstić information content (AvgIpc) is 2.56. The molecule has 0 saturated carbocycles. The first-order valence-electron chi connectivity index (χ1n) is 8.35. The number of carbonyl (C=O) groups excluding carboxylic acids is 4. The molecular formula is C16H20Cl3NO10. The maximum atomic E-state index is 11.7. The minimum absolute atomic E-state index is 0.460. The van der Waals surface area contributed by atoms with Gasteiger partial charge in [0.1, 0.15) is 12.7 Å². The van der Waals surface area contributed by atoms with Gasteiger partial charge in [0, 0.05) is 27.7 Å². The van der Waals surface area contributed by atoms with E-state index >= 15 is 0 Å². The molecule has 5 atom stereocenters. The van der Waals surface area contributed by atoms with E-state index in [1.807, 2.05) is 0 Å². The van der Waals surface area contributed by atoms with E-state index in [0.29, 0.717) is 0 Å². The van der Waals surface area contributed by atoms with Crippen LogP contribution in [0.3, 0.4) is 0 Å². The van der Waals surface area contributed by atoms with Crippen LogP contribution in [0.4, 0.5) is 0 Å². The summed E-state index contributed by atoms with van der Waals surface area (Å²) >= 11 is 16.8. The van der Waals surface area contributed by atoms with Crippen LogP contribution in [-0.4, -0.2) is 70.9 Å². The third-order valence-electron chi connectivity index (χ3n) is 3.44. The van der Waals surface area contributed by atoms with E-state index in [9.17, 15) is 19.2 Å². The van der Waals surface area contributed by atoms with Gasteiger partial charge in [0.05, 0.1) is 0 Å². The number of esters is 4. The Morgan fingerprint density at radius 2 is 1.27 bits per heavy atom. The summed E-state index contributed by atoms with van der Waals surface area (Å²) in [4.78, 5) is 46.1. The maximum Gasteiger partial charge on any atom is 0.303 e. The van der Waals surface area contributed by atoms with Crippen molar-refractivity contribution in [3.8, 4) is 0 Å². The Kier molecular flexibility index (Phi) is 9.60. The zero-order chi connectivity index (χ0) is 23.2. The summed E-state index contributed by atoms with van der Waals surface area (Å²) in [5, 5.41) is 7.74. The predicted octanol–water partition coefficient (Wildman–Crippen LogP) is 1.43. The van der Waals surface area contributed by atoms with Gasteiger partial charge in [-0.1, -0.05) is 34.8 Å². The molecule has 1 fully saturated rings. The van der Waals surface area contributed by atoms with E-state index in [-0.39, 0.29) is 0 Å². The minimum Gasteiger partial charge on any atom is -0.463 e. The SMILES string of the molecule is CC(=O)OC[C@H]1OC(OC(=N)C(Cl)(Cl)Cl)[C@@H](OC(C)=O)[C@H](OC(C)=O)[C@H]1OC(C)=O. The Labute approximate surface area is 186 Å². The average molecular weight is 493 g/mol. The van der Waals surface area contributed by atoms with E-state index in [1.54, 1.807) is 0 Å². The summed E-state index contributed by atoms with van der Waals surface area (Å²) in [6, 6.07) is 0. The van der Waals surface area contributed by atoms with Gasteiger partial charge in [0.2, 0.25) is 18.3 Å². The molecule has 170 valence electrons. The van der Waals surface area contributed by atoms with E-state index in [4.69, 9.17) is 68.6 Å². The van der Waals surface area contributed by atoms with Crippen LogP contribution in [0.1, 0.15) is 27.7 Å². The highest BCUT2D eigenvalue weighted by Gasteiger charge is 2.54. The van der Waals surface area contributed by atoms with Crippen molar-refractivity contribution >= 4 is 64.6 Å². The summed E-state index contributed by atoms with van der Waals surface area (Å²) in [6.07, 6.45) is -7.25. The molecule has 1 aliphatic rings. The molecular weight excluding hydrogens is 473 g/mol. The molecule has 0 amide bonds. The highest BCUT2D eigenvalue weighted by molar-refractivity contribution is 6.76. The lowest BCUT2D eigenvalue weighted by Gasteiger charge is -2.44. The van der Waals surface area contributed by atoms with Crippen LogP contribution < -0.4 is 0 Å². The molecule has 1 heterocycles. The zero-order valence-corrected chi connectivity index (χ0v) is 18.6. The number of hydrogen-bond donors (Lipinski definition) is 1. The van der Waals surface area contributed by atoms with Gasteiger partial charge in [-0.3, -0.25) is 24.6 Å². The van der Waals surface area contributed by atoms with Crippen molar-refractivity contribution in [2.75, 3.05) is 6.61 Å². The van der Waals surface area contributed by atoms with Gasteiger partial charge in [-0.25, -0.2) is 0 Å². The standard InChI is InChI=1S/C16H20Cl3NO10/c1-6(21)25-5-10-11(26-7(2)22)12(27-8(3)23)13(28-9(4)24)14(29-10)30-15(20)16(17,18)19/h10-14,20H,5H2,1-4H3/t10-,11+,12-,13+,14?/m1/s1. The van der Waals surface area contributed by atoms with Gasteiger partial charge in [-0.05, 0) is 0 Å². The minimum atomic E-state index is -2.29. The number of rotatable bonds is 6. The second-order valence-electron chi connectivity index (χ2n) is 6.01. The molecule has 14 heteroatoms. The summed E-state index contributed by atoms with van der Waals surface area (Å²) in [5.74, 6) is -4.03. The summed E-state index contributed by atoms with van der Waals surface area (Å²) < 4.78 is 28.9. The lowest BCUT2D eigenvalue weighted by atomic mass is 9.98. The quantitative estimate of drug-likeness (QED) is 0.190. The van der Waals surface area contributed by atoms with Gasteiger partial charge < -0.3 is 28.4 Å². The third-order valence-corrected chi connectivity index (χ3v) is 3.95. The number of halogens is 3. The largest absolute Gasteiger partial charge is 0.463 e. The molecule has 30 heavy (non-hydrogen) atoms. The van der Waals surface area contributed by atoms with E-state index in [0.717, 1.165) is 27.7 Å². The molecule has 0 spiro atoms. The van der Waals surface area contributed by atoms with Gasteiger partial charge >= 0.3 is 23.9 Å². The molecule has 0 aromatic heterocycles. The van der Waals surface area contributed by atoms with Crippen molar-refractivity contribution in [2.45, 2.75) is 62.2 Å².